The van der Waals surface area contributed by atoms with E-state index in [0.717, 1.165) is 0 Å². The summed E-state index contributed by atoms with van der Waals surface area (Å²) < 4.78 is 0. The van der Waals surface area contributed by atoms with E-state index in [-0.39, 0.29) is 0 Å². The molecule has 0 radical (unpaired) electrons. The molecule has 0 fully saturated rings. The van der Waals surface area contributed by atoms with Gasteiger partial charge < -0.3 is 0 Å². The zero-order valence-electron chi connectivity index (χ0n) is 5.14. The van der Waals surface area contributed by atoms with Crippen molar-refractivity contribution in [3.63, 3.8) is 0 Å². The van der Waals surface area contributed by atoms with Crippen molar-refractivity contribution in [1.29, 1.82) is 0 Å². The molecule has 1 aliphatic rings. The Morgan fingerprint density at radius 3 is 3.25 bits per heavy atom. The van der Waals surface area contributed by atoms with Gasteiger partial charge in [-0.15, -0.1) is 0 Å². The fraction of sp³-hybridized carbons (Fsp3) is 0.571. The third-order valence-corrected chi connectivity index (χ3v) is 2.61. The molecule has 0 spiro atoms. The van der Waals surface area contributed by atoms with Gasteiger partial charge in [0.05, 0.1) is 0 Å². The first kappa shape index (κ1) is 6.27. The van der Waals surface area contributed by atoms with E-state index in [9.17, 15) is 0 Å². The number of hydrogen-bond acceptors (Lipinski definition) is 0. The van der Waals surface area contributed by atoms with E-state index in [1.807, 2.05) is 0 Å². The molecule has 0 aromatic carbocycles. The van der Waals surface area contributed by atoms with E-state index >= 15 is 0 Å². The normalized spacial score (nSPS) is 19.0. The van der Waals surface area contributed by atoms with Gasteiger partial charge in [0.25, 0.3) is 0 Å². The van der Waals surface area contributed by atoms with Gasteiger partial charge in [0, 0.05) is 0 Å². The standard InChI is InChI=1S/C7H11.Al/c1-3-5-7-6-4-2;/h1,3,5H,2,4,6-7H2;. The van der Waals surface area contributed by atoms with E-state index in [4.69, 9.17) is 0 Å². The molecule has 1 rings (SSSR count). The molecule has 0 aromatic rings. The van der Waals surface area contributed by atoms with Gasteiger partial charge in [0.15, 0.2) is 0 Å². The van der Waals surface area contributed by atoms with Crippen molar-refractivity contribution < 1.29 is 0 Å². The number of allylic oxidation sites excluding steroid dienone is 2. The predicted molar refractivity (Wildman–Crippen MR) is 39.6 cm³/mol. The van der Waals surface area contributed by atoms with Crippen molar-refractivity contribution >= 4 is 19.7 Å². The molecule has 0 atom stereocenters. The monoisotopic (exact) mass is 122 g/mol. The first-order valence-corrected chi connectivity index (χ1v) is 4.80. The second kappa shape index (κ2) is 4.06. The van der Waals surface area contributed by atoms with Gasteiger partial charge in [-0.25, -0.2) is 0 Å². The van der Waals surface area contributed by atoms with Gasteiger partial charge in [-0.1, -0.05) is 0 Å². The zero-order valence-corrected chi connectivity index (χ0v) is 6.29. The van der Waals surface area contributed by atoms with Crippen LogP contribution in [0, 0.1) is 0 Å². The summed E-state index contributed by atoms with van der Waals surface area (Å²) in [5, 5.41) is 1.48. The van der Waals surface area contributed by atoms with Gasteiger partial charge in [0.1, 0.15) is 0 Å². The average molecular weight is 122 g/mol. The SMILES string of the molecule is C1=CCCC[CH2][Al]=[CH]1. The summed E-state index contributed by atoms with van der Waals surface area (Å²) in [4.78, 5) is 2.35. The topological polar surface area (TPSA) is 0 Å². The van der Waals surface area contributed by atoms with Gasteiger partial charge in [-0.2, -0.15) is 0 Å². The van der Waals surface area contributed by atoms with Crippen LogP contribution in [0.25, 0.3) is 0 Å². The Balaban J connectivity index is 2.33. The van der Waals surface area contributed by atoms with Crippen molar-refractivity contribution in [2.24, 2.45) is 0 Å². The molecule has 1 heterocycles. The molecule has 8 heavy (non-hydrogen) atoms. The summed E-state index contributed by atoms with van der Waals surface area (Å²) in [5.41, 5.74) is 0. The summed E-state index contributed by atoms with van der Waals surface area (Å²) in [6, 6.07) is 0. The molecule has 0 amide bonds. The Morgan fingerprint density at radius 1 is 1.25 bits per heavy atom. The minimum atomic E-state index is 0.659. The summed E-state index contributed by atoms with van der Waals surface area (Å²) in [6.07, 6.45) is 8.68. The van der Waals surface area contributed by atoms with Gasteiger partial charge >= 0.3 is 56.4 Å². The zero-order chi connectivity index (χ0) is 5.66. The van der Waals surface area contributed by atoms with Crippen LogP contribution in [0.1, 0.15) is 19.3 Å². The molecule has 42 valence electrons. The minimum absolute atomic E-state index is 0.659. The molecular weight excluding hydrogens is 111 g/mol. The van der Waals surface area contributed by atoms with Crippen LogP contribution in [0.5, 0.6) is 0 Å². The predicted octanol–water partition coefficient (Wildman–Crippen LogP) is 1.65. The molecule has 0 saturated carbocycles. The van der Waals surface area contributed by atoms with E-state index in [1.54, 1.807) is 0 Å². The Bertz CT molecular complexity index is 89.0. The average Bonchev–Trinajstić information content (AvgIpc) is 1.62. The number of hydrogen-bond donors (Lipinski definition) is 0. The van der Waals surface area contributed by atoms with Crippen molar-refractivity contribution in [2.75, 3.05) is 0 Å². The maximum atomic E-state index is 2.35. The van der Waals surface area contributed by atoms with Crippen LogP contribution in [0.15, 0.2) is 12.2 Å². The molecule has 0 aliphatic carbocycles. The second-order valence-corrected chi connectivity index (χ2v) is 3.57. The summed E-state index contributed by atoms with van der Waals surface area (Å²) in [6.45, 7) is 0. The Hall–Kier alpha value is 0.142. The fourth-order valence-corrected chi connectivity index (χ4v) is 1.91. The van der Waals surface area contributed by atoms with Crippen molar-refractivity contribution in [1.82, 2.24) is 0 Å². The quantitative estimate of drug-likeness (QED) is 0.428. The molecule has 1 aliphatic heterocycles. The second-order valence-electron chi connectivity index (χ2n) is 2.14. The van der Waals surface area contributed by atoms with Crippen LogP contribution in [-0.4, -0.2) is 19.7 Å². The van der Waals surface area contributed by atoms with Crippen LogP contribution >= 0.6 is 0 Å². The summed E-state index contributed by atoms with van der Waals surface area (Å²) in [5.74, 6) is 0. The van der Waals surface area contributed by atoms with E-state index in [0.29, 0.717) is 14.8 Å². The fourth-order valence-electron chi connectivity index (χ4n) is 0.874. The summed E-state index contributed by atoms with van der Waals surface area (Å²) in [7, 11) is 0. The van der Waals surface area contributed by atoms with Crippen LogP contribution in [-0.2, 0) is 0 Å². The molecule has 1 heteroatoms. The van der Waals surface area contributed by atoms with E-state index in [1.165, 1.54) is 24.5 Å². The van der Waals surface area contributed by atoms with E-state index in [2.05, 4.69) is 17.0 Å². The molecule has 0 unspecified atom stereocenters. The van der Waals surface area contributed by atoms with Crippen LogP contribution in [0.3, 0.4) is 0 Å². The third-order valence-electron chi connectivity index (χ3n) is 1.37. The Kier molecular flexibility index (Phi) is 3.18. The van der Waals surface area contributed by atoms with Crippen LogP contribution in [0.2, 0.25) is 5.28 Å². The van der Waals surface area contributed by atoms with Crippen LogP contribution < -0.4 is 0 Å². The number of rotatable bonds is 0. The molecule has 0 saturated heterocycles. The Morgan fingerprint density at radius 2 is 2.25 bits per heavy atom. The molecule has 0 nitrogen and oxygen atoms in total. The van der Waals surface area contributed by atoms with Crippen molar-refractivity contribution in [2.45, 2.75) is 24.5 Å². The first-order valence-electron chi connectivity index (χ1n) is 3.32. The van der Waals surface area contributed by atoms with Crippen LogP contribution in [0.4, 0.5) is 0 Å². The molecule has 0 bridgehead atoms. The third kappa shape index (κ3) is 2.45. The molecular formula is C7H11Al. The summed E-state index contributed by atoms with van der Waals surface area (Å²) >= 11 is 0.659. The maximum absolute atomic E-state index is 2.35. The molecule has 0 N–H and O–H groups in total. The van der Waals surface area contributed by atoms with Gasteiger partial charge in [-0.05, 0) is 0 Å². The first-order chi connectivity index (χ1) is 4.00. The Labute approximate surface area is 56.9 Å². The van der Waals surface area contributed by atoms with E-state index < -0.39 is 0 Å². The van der Waals surface area contributed by atoms with Gasteiger partial charge in [0.2, 0.25) is 0 Å². The van der Waals surface area contributed by atoms with Crippen molar-refractivity contribution in [3.8, 4) is 0 Å². The van der Waals surface area contributed by atoms with Gasteiger partial charge in [-0.3, -0.25) is 0 Å². The van der Waals surface area contributed by atoms with Crippen molar-refractivity contribution in [3.05, 3.63) is 12.2 Å². The molecule has 0 aromatic heterocycles.